The molecule has 0 aromatic heterocycles. The summed E-state index contributed by atoms with van der Waals surface area (Å²) >= 11 is 3.21. The van der Waals surface area contributed by atoms with Gasteiger partial charge in [-0.15, -0.1) is 0 Å². The topological polar surface area (TPSA) is 37.3 Å². The predicted molar refractivity (Wildman–Crippen MR) is 50.4 cm³/mol. The molecule has 0 radical (unpaired) electrons. The molecule has 0 aliphatic carbocycles. The van der Waals surface area contributed by atoms with Crippen LogP contribution in [0.2, 0.25) is 0 Å². The van der Waals surface area contributed by atoms with E-state index in [0.717, 1.165) is 5.56 Å². The minimum atomic E-state index is -1.02. The summed E-state index contributed by atoms with van der Waals surface area (Å²) in [5, 5.41) is 9.07. The molecule has 0 unspecified atom stereocenters. The zero-order chi connectivity index (χ0) is 9.84. The fourth-order valence-electron chi connectivity index (χ4n) is 1.01. The van der Waals surface area contributed by atoms with E-state index in [0.29, 0.717) is 5.33 Å². The Morgan fingerprint density at radius 3 is 2.77 bits per heavy atom. The molecule has 1 aromatic carbocycles. The molecular weight excluding hydrogens is 239 g/mol. The average molecular weight is 247 g/mol. The van der Waals surface area contributed by atoms with E-state index < -0.39 is 11.8 Å². The molecule has 1 aromatic rings. The molecule has 0 atom stereocenters. The van der Waals surface area contributed by atoms with Crippen molar-refractivity contribution in [2.45, 2.75) is 11.8 Å². The van der Waals surface area contributed by atoms with Gasteiger partial charge in [0.1, 0.15) is 5.82 Å². The molecule has 0 saturated carbocycles. The van der Waals surface area contributed by atoms with Gasteiger partial charge >= 0.3 is 5.97 Å². The minimum Gasteiger partial charge on any atom is -0.481 e. The lowest BCUT2D eigenvalue weighted by atomic mass is 10.1. The van der Waals surface area contributed by atoms with Crippen molar-refractivity contribution >= 4 is 21.9 Å². The third-order valence-corrected chi connectivity index (χ3v) is 2.25. The number of carboxylic acids is 1. The molecule has 2 nitrogen and oxygen atoms in total. The lowest BCUT2D eigenvalue weighted by Gasteiger charge is -2.01. The first-order valence-corrected chi connectivity index (χ1v) is 4.80. The summed E-state index contributed by atoms with van der Waals surface area (Å²) in [5.74, 6) is -1.49. The Balaban J connectivity index is 2.96. The molecule has 0 saturated heterocycles. The molecular formula is C9H8BrFO2. The van der Waals surface area contributed by atoms with E-state index in [1.807, 2.05) is 0 Å². The van der Waals surface area contributed by atoms with E-state index in [1.54, 1.807) is 12.1 Å². The van der Waals surface area contributed by atoms with Gasteiger partial charge in [-0.3, -0.25) is 4.79 Å². The number of benzene rings is 1. The molecule has 4 heteroatoms. The molecule has 13 heavy (non-hydrogen) atoms. The summed E-state index contributed by atoms with van der Waals surface area (Å²) in [6, 6.07) is 4.46. The first-order chi connectivity index (χ1) is 6.13. The van der Waals surface area contributed by atoms with Crippen molar-refractivity contribution < 1.29 is 14.3 Å². The molecule has 0 aliphatic heterocycles. The Morgan fingerprint density at radius 1 is 1.54 bits per heavy atom. The van der Waals surface area contributed by atoms with Crippen LogP contribution in [0.5, 0.6) is 0 Å². The second kappa shape index (κ2) is 4.37. The largest absolute Gasteiger partial charge is 0.481 e. The highest BCUT2D eigenvalue weighted by molar-refractivity contribution is 9.08. The lowest BCUT2D eigenvalue weighted by Crippen LogP contribution is -2.02. The Morgan fingerprint density at radius 2 is 2.23 bits per heavy atom. The summed E-state index contributed by atoms with van der Waals surface area (Å²) in [6.45, 7) is 0. The van der Waals surface area contributed by atoms with Gasteiger partial charge in [-0.05, 0) is 17.2 Å². The van der Waals surface area contributed by atoms with E-state index >= 15 is 0 Å². The van der Waals surface area contributed by atoms with Crippen molar-refractivity contribution in [2.24, 2.45) is 0 Å². The number of rotatable bonds is 3. The van der Waals surface area contributed by atoms with Crippen LogP contribution in [0.15, 0.2) is 18.2 Å². The summed E-state index contributed by atoms with van der Waals surface area (Å²) in [7, 11) is 0. The fraction of sp³-hybridized carbons (Fsp3) is 0.222. The van der Waals surface area contributed by atoms with Crippen LogP contribution in [0.25, 0.3) is 0 Å². The van der Waals surface area contributed by atoms with E-state index in [-0.39, 0.29) is 12.0 Å². The number of alkyl halides is 1. The Bertz CT molecular complexity index is 325. The molecule has 0 amide bonds. The predicted octanol–water partition coefficient (Wildman–Crippen LogP) is 2.35. The molecule has 1 rings (SSSR count). The number of hydrogen-bond acceptors (Lipinski definition) is 1. The van der Waals surface area contributed by atoms with Crippen molar-refractivity contribution in [3.8, 4) is 0 Å². The Kier molecular flexibility index (Phi) is 3.42. The lowest BCUT2D eigenvalue weighted by molar-refractivity contribution is -0.136. The van der Waals surface area contributed by atoms with Gasteiger partial charge in [-0.25, -0.2) is 4.39 Å². The second-order valence-electron chi connectivity index (χ2n) is 2.63. The molecule has 70 valence electrons. The number of hydrogen-bond donors (Lipinski definition) is 1. The van der Waals surface area contributed by atoms with Gasteiger partial charge in [0, 0.05) is 5.33 Å². The van der Waals surface area contributed by atoms with Crippen molar-refractivity contribution in [3.63, 3.8) is 0 Å². The number of aliphatic carboxylic acids is 1. The van der Waals surface area contributed by atoms with Gasteiger partial charge in [0.05, 0.1) is 6.42 Å². The Labute approximate surface area is 83.5 Å². The first kappa shape index (κ1) is 10.2. The summed E-state index contributed by atoms with van der Waals surface area (Å²) in [6.07, 6.45) is -0.271. The fourth-order valence-corrected chi connectivity index (χ4v) is 1.36. The van der Waals surface area contributed by atoms with Crippen LogP contribution >= 0.6 is 15.9 Å². The molecule has 0 spiro atoms. The molecule has 0 fully saturated rings. The maximum atomic E-state index is 13.0. The van der Waals surface area contributed by atoms with Crippen LogP contribution in [0.4, 0.5) is 4.39 Å². The Hall–Kier alpha value is -0.900. The SMILES string of the molecule is O=C(O)Cc1cc(CBr)ccc1F. The van der Waals surface area contributed by atoms with Gasteiger partial charge < -0.3 is 5.11 Å². The van der Waals surface area contributed by atoms with Gasteiger partial charge in [0.25, 0.3) is 0 Å². The first-order valence-electron chi connectivity index (χ1n) is 3.68. The zero-order valence-electron chi connectivity index (χ0n) is 6.76. The van der Waals surface area contributed by atoms with E-state index in [9.17, 15) is 9.18 Å². The molecule has 0 aliphatic rings. The van der Waals surface area contributed by atoms with Crippen LogP contribution in [0, 0.1) is 5.82 Å². The maximum absolute atomic E-state index is 13.0. The van der Waals surface area contributed by atoms with Crippen molar-refractivity contribution in [1.29, 1.82) is 0 Å². The third kappa shape index (κ3) is 2.81. The second-order valence-corrected chi connectivity index (χ2v) is 3.19. The van der Waals surface area contributed by atoms with Crippen LogP contribution in [-0.2, 0) is 16.5 Å². The van der Waals surface area contributed by atoms with Gasteiger partial charge in [-0.1, -0.05) is 28.1 Å². The highest BCUT2D eigenvalue weighted by Gasteiger charge is 2.06. The average Bonchev–Trinajstić information content (AvgIpc) is 2.08. The molecule has 0 bridgehead atoms. The van der Waals surface area contributed by atoms with Gasteiger partial charge in [0.15, 0.2) is 0 Å². The quantitative estimate of drug-likeness (QED) is 0.832. The normalized spacial score (nSPS) is 10.0. The molecule has 1 N–H and O–H groups in total. The van der Waals surface area contributed by atoms with Gasteiger partial charge in [0.2, 0.25) is 0 Å². The van der Waals surface area contributed by atoms with Crippen molar-refractivity contribution in [3.05, 3.63) is 35.1 Å². The van der Waals surface area contributed by atoms with Crippen LogP contribution in [0.3, 0.4) is 0 Å². The third-order valence-electron chi connectivity index (χ3n) is 1.61. The summed E-state index contributed by atoms with van der Waals surface area (Å²) < 4.78 is 13.0. The van der Waals surface area contributed by atoms with Crippen LogP contribution in [0.1, 0.15) is 11.1 Å². The summed E-state index contributed by atoms with van der Waals surface area (Å²) in [4.78, 5) is 10.3. The van der Waals surface area contributed by atoms with Crippen LogP contribution in [-0.4, -0.2) is 11.1 Å². The zero-order valence-corrected chi connectivity index (χ0v) is 8.34. The van der Waals surface area contributed by atoms with E-state index in [1.165, 1.54) is 6.07 Å². The maximum Gasteiger partial charge on any atom is 0.307 e. The number of halogens is 2. The number of carbonyl (C=O) groups is 1. The van der Waals surface area contributed by atoms with Crippen molar-refractivity contribution in [2.75, 3.05) is 0 Å². The van der Waals surface area contributed by atoms with Crippen molar-refractivity contribution in [1.82, 2.24) is 0 Å². The van der Waals surface area contributed by atoms with Gasteiger partial charge in [-0.2, -0.15) is 0 Å². The smallest absolute Gasteiger partial charge is 0.307 e. The number of carboxylic acid groups (broad SMARTS) is 1. The minimum absolute atomic E-state index is 0.226. The highest BCUT2D eigenvalue weighted by atomic mass is 79.9. The standard InChI is InChI=1S/C9H8BrFO2/c10-5-6-1-2-8(11)7(3-6)4-9(12)13/h1-3H,4-5H2,(H,12,13). The molecule has 0 heterocycles. The van der Waals surface area contributed by atoms with E-state index in [2.05, 4.69) is 15.9 Å². The monoisotopic (exact) mass is 246 g/mol. The van der Waals surface area contributed by atoms with E-state index in [4.69, 9.17) is 5.11 Å². The van der Waals surface area contributed by atoms with Crippen LogP contribution < -0.4 is 0 Å². The summed E-state index contributed by atoms with van der Waals surface area (Å²) in [5.41, 5.74) is 1.10. The highest BCUT2D eigenvalue weighted by Crippen LogP contribution is 2.13.